The van der Waals surface area contributed by atoms with Crippen molar-refractivity contribution in [2.45, 2.75) is 45.6 Å². The molecule has 118 valence electrons. The van der Waals surface area contributed by atoms with E-state index in [-0.39, 0.29) is 11.9 Å². The van der Waals surface area contributed by atoms with E-state index in [4.69, 9.17) is 0 Å². The van der Waals surface area contributed by atoms with Gasteiger partial charge in [-0.1, -0.05) is 26.0 Å². The number of rotatable bonds is 7. The number of nitrogens with one attached hydrogen (secondary N) is 1. The van der Waals surface area contributed by atoms with Gasteiger partial charge in [-0.05, 0) is 68.9 Å². The molecule has 1 saturated heterocycles. The molecule has 0 spiro atoms. The van der Waals surface area contributed by atoms with Crippen LogP contribution in [0.4, 0.5) is 4.39 Å². The molecule has 0 aliphatic carbocycles. The molecule has 1 N–H and O–H groups in total. The van der Waals surface area contributed by atoms with E-state index in [9.17, 15) is 4.39 Å². The molecule has 1 aliphatic heterocycles. The molecule has 2 atom stereocenters. The van der Waals surface area contributed by atoms with Crippen molar-refractivity contribution in [2.75, 3.05) is 26.2 Å². The molecule has 0 aromatic heterocycles. The first kappa shape index (κ1) is 16.4. The van der Waals surface area contributed by atoms with Crippen LogP contribution in [0.5, 0.6) is 0 Å². The van der Waals surface area contributed by atoms with Crippen LogP contribution >= 0.6 is 0 Å². The molecule has 3 heteroatoms. The smallest absolute Gasteiger partial charge is 0.123 e. The Labute approximate surface area is 128 Å². The fourth-order valence-electron chi connectivity index (χ4n) is 3.23. The van der Waals surface area contributed by atoms with Crippen molar-refractivity contribution in [1.82, 2.24) is 10.2 Å². The van der Waals surface area contributed by atoms with Crippen molar-refractivity contribution in [3.05, 3.63) is 35.6 Å². The first-order valence-corrected chi connectivity index (χ1v) is 8.40. The van der Waals surface area contributed by atoms with Crippen LogP contribution in [0.3, 0.4) is 0 Å². The summed E-state index contributed by atoms with van der Waals surface area (Å²) in [4.78, 5) is 2.56. The number of halogens is 1. The molecular formula is C18H29FN2. The Morgan fingerprint density at radius 3 is 3.00 bits per heavy atom. The average Bonchev–Trinajstić information content (AvgIpc) is 2.47. The summed E-state index contributed by atoms with van der Waals surface area (Å²) >= 11 is 0. The van der Waals surface area contributed by atoms with Crippen LogP contribution in [0.1, 0.15) is 51.1 Å². The zero-order valence-electron chi connectivity index (χ0n) is 13.4. The summed E-state index contributed by atoms with van der Waals surface area (Å²) in [7, 11) is 0. The highest BCUT2D eigenvalue weighted by atomic mass is 19.1. The molecule has 1 aromatic carbocycles. The number of hydrogen-bond donors (Lipinski definition) is 1. The summed E-state index contributed by atoms with van der Waals surface area (Å²) in [6, 6.07) is 7.31. The number of piperidine rings is 1. The van der Waals surface area contributed by atoms with Gasteiger partial charge in [-0.2, -0.15) is 0 Å². The number of benzene rings is 1. The van der Waals surface area contributed by atoms with Gasteiger partial charge in [0.25, 0.3) is 0 Å². The summed E-state index contributed by atoms with van der Waals surface area (Å²) in [6.07, 6.45) is 4.83. The molecule has 1 heterocycles. The molecule has 0 bridgehead atoms. The minimum absolute atomic E-state index is 0.137. The van der Waals surface area contributed by atoms with E-state index in [0.717, 1.165) is 37.4 Å². The van der Waals surface area contributed by atoms with Crippen LogP contribution in [0.2, 0.25) is 0 Å². The summed E-state index contributed by atoms with van der Waals surface area (Å²) in [5, 5.41) is 3.57. The van der Waals surface area contributed by atoms with Gasteiger partial charge < -0.3 is 10.2 Å². The van der Waals surface area contributed by atoms with E-state index in [1.807, 2.05) is 12.1 Å². The molecule has 0 saturated carbocycles. The van der Waals surface area contributed by atoms with Crippen LogP contribution in [0.25, 0.3) is 0 Å². The summed E-state index contributed by atoms with van der Waals surface area (Å²) in [6.45, 7) is 9.02. The van der Waals surface area contributed by atoms with Crippen molar-refractivity contribution >= 4 is 0 Å². The second kappa shape index (κ2) is 8.50. The largest absolute Gasteiger partial charge is 0.310 e. The number of hydrogen-bond acceptors (Lipinski definition) is 2. The monoisotopic (exact) mass is 292 g/mol. The van der Waals surface area contributed by atoms with Gasteiger partial charge in [0.1, 0.15) is 5.82 Å². The number of likely N-dealkylation sites (tertiary alicyclic amines) is 1. The maximum Gasteiger partial charge on any atom is 0.123 e. The molecule has 0 radical (unpaired) electrons. The standard InChI is InChI=1S/C18H29FN2/c1-3-10-20-18(16-7-4-8-17(19)13-16)9-12-21-11-5-6-15(2)14-21/h4,7-8,13,15,18,20H,3,5-6,9-12,14H2,1-2H3. The second-order valence-electron chi connectivity index (χ2n) is 6.40. The van der Waals surface area contributed by atoms with Crippen molar-refractivity contribution in [3.63, 3.8) is 0 Å². The lowest BCUT2D eigenvalue weighted by molar-refractivity contribution is 0.176. The van der Waals surface area contributed by atoms with E-state index in [0.29, 0.717) is 0 Å². The lowest BCUT2D eigenvalue weighted by atomic mass is 9.98. The molecule has 0 amide bonds. The predicted octanol–water partition coefficient (Wildman–Crippen LogP) is 3.99. The third-order valence-electron chi connectivity index (χ3n) is 4.37. The first-order chi connectivity index (χ1) is 10.2. The van der Waals surface area contributed by atoms with Crippen LogP contribution in [-0.4, -0.2) is 31.1 Å². The minimum atomic E-state index is -0.137. The van der Waals surface area contributed by atoms with Crippen LogP contribution in [0.15, 0.2) is 24.3 Å². The minimum Gasteiger partial charge on any atom is -0.310 e. The predicted molar refractivity (Wildman–Crippen MR) is 86.9 cm³/mol. The van der Waals surface area contributed by atoms with Gasteiger partial charge in [0.2, 0.25) is 0 Å². The quantitative estimate of drug-likeness (QED) is 0.817. The average molecular weight is 292 g/mol. The van der Waals surface area contributed by atoms with E-state index in [1.54, 1.807) is 6.07 Å². The van der Waals surface area contributed by atoms with Crippen molar-refractivity contribution < 1.29 is 4.39 Å². The van der Waals surface area contributed by atoms with Gasteiger partial charge in [-0.15, -0.1) is 0 Å². The highest BCUT2D eigenvalue weighted by Gasteiger charge is 2.18. The topological polar surface area (TPSA) is 15.3 Å². The summed E-state index contributed by atoms with van der Waals surface area (Å²) < 4.78 is 13.5. The Morgan fingerprint density at radius 1 is 1.43 bits per heavy atom. The molecule has 21 heavy (non-hydrogen) atoms. The maximum atomic E-state index is 13.5. The Kier molecular flexibility index (Phi) is 6.65. The molecule has 2 nitrogen and oxygen atoms in total. The van der Waals surface area contributed by atoms with Crippen LogP contribution < -0.4 is 5.32 Å². The third-order valence-corrected chi connectivity index (χ3v) is 4.37. The molecule has 1 fully saturated rings. The van der Waals surface area contributed by atoms with Crippen molar-refractivity contribution in [2.24, 2.45) is 5.92 Å². The van der Waals surface area contributed by atoms with E-state index >= 15 is 0 Å². The highest BCUT2D eigenvalue weighted by Crippen LogP contribution is 2.21. The lowest BCUT2D eigenvalue weighted by Gasteiger charge is -2.32. The van der Waals surface area contributed by atoms with Crippen LogP contribution in [0, 0.1) is 11.7 Å². The summed E-state index contributed by atoms with van der Waals surface area (Å²) in [5.41, 5.74) is 1.08. The molecular weight excluding hydrogens is 263 g/mol. The van der Waals surface area contributed by atoms with E-state index in [2.05, 4.69) is 24.1 Å². The Hall–Kier alpha value is -0.930. The highest BCUT2D eigenvalue weighted by molar-refractivity contribution is 5.20. The Balaban J connectivity index is 1.92. The molecule has 2 rings (SSSR count). The van der Waals surface area contributed by atoms with Gasteiger partial charge >= 0.3 is 0 Å². The zero-order chi connectivity index (χ0) is 15.1. The Morgan fingerprint density at radius 2 is 2.29 bits per heavy atom. The van der Waals surface area contributed by atoms with Gasteiger partial charge in [0.05, 0.1) is 0 Å². The lowest BCUT2D eigenvalue weighted by Crippen LogP contribution is -2.36. The van der Waals surface area contributed by atoms with E-state index < -0.39 is 0 Å². The SMILES string of the molecule is CCCNC(CCN1CCCC(C)C1)c1cccc(F)c1. The molecule has 1 aliphatic rings. The molecule has 1 aromatic rings. The second-order valence-corrected chi connectivity index (χ2v) is 6.40. The van der Waals surface area contributed by atoms with Gasteiger partial charge in [0.15, 0.2) is 0 Å². The normalized spacial score (nSPS) is 21.4. The molecule has 2 unspecified atom stereocenters. The van der Waals surface area contributed by atoms with Gasteiger partial charge in [-0.25, -0.2) is 4.39 Å². The fourth-order valence-corrected chi connectivity index (χ4v) is 3.23. The van der Waals surface area contributed by atoms with Crippen molar-refractivity contribution in [3.8, 4) is 0 Å². The van der Waals surface area contributed by atoms with E-state index in [1.165, 1.54) is 32.0 Å². The third kappa shape index (κ3) is 5.40. The maximum absolute atomic E-state index is 13.5. The fraction of sp³-hybridized carbons (Fsp3) is 0.667. The van der Waals surface area contributed by atoms with Gasteiger partial charge in [0, 0.05) is 12.6 Å². The zero-order valence-corrected chi connectivity index (χ0v) is 13.4. The number of nitrogens with zero attached hydrogens (tertiary/aromatic N) is 1. The first-order valence-electron chi connectivity index (χ1n) is 8.40. The van der Waals surface area contributed by atoms with Gasteiger partial charge in [-0.3, -0.25) is 0 Å². The van der Waals surface area contributed by atoms with Crippen LogP contribution in [-0.2, 0) is 0 Å². The summed E-state index contributed by atoms with van der Waals surface area (Å²) in [5.74, 6) is 0.678. The Bertz CT molecular complexity index is 421. The van der Waals surface area contributed by atoms with Crippen molar-refractivity contribution in [1.29, 1.82) is 0 Å².